The molecule has 2 unspecified atom stereocenters. The number of hydrogen-bond donors (Lipinski definition) is 2. The summed E-state index contributed by atoms with van der Waals surface area (Å²) in [6.07, 6.45) is 0.450. The number of amides is 1. The summed E-state index contributed by atoms with van der Waals surface area (Å²) in [4.78, 5) is 12.7. The van der Waals surface area contributed by atoms with Crippen LogP contribution in [-0.4, -0.2) is 23.3 Å². The fraction of sp³-hybridized carbons (Fsp3) is 0.235. The van der Waals surface area contributed by atoms with Gasteiger partial charge in [0.2, 0.25) is 5.91 Å². The molecule has 1 aliphatic rings. The summed E-state index contributed by atoms with van der Waals surface area (Å²) >= 11 is 10.2. The number of halogens is 4. The largest absolute Gasteiger partial charge is 0.325 e. The van der Waals surface area contributed by atoms with Crippen LogP contribution in [0.4, 0.5) is 14.5 Å². The van der Waals surface area contributed by atoms with Crippen molar-refractivity contribution >= 4 is 51.3 Å². The standard InChI is InChI=1S/C17H15BrClF2N3OS/c1-24-16(17(25)22-10-3-5-13(20)12(19)7-10)8-15(23-26-24)9-2-4-11(18)14(21)6-9/h2-7,15-16,23H,8H2,1H3,(H,22,25). The van der Waals surface area contributed by atoms with Crippen molar-refractivity contribution < 1.29 is 13.6 Å². The van der Waals surface area contributed by atoms with Crippen molar-refractivity contribution in [1.82, 2.24) is 9.03 Å². The number of carbonyl (C=O) groups excluding carboxylic acids is 1. The summed E-state index contributed by atoms with van der Waals surface area (Å²) in [6, 6.07) is 8.28. The molecule has 2 atom stereocenters. The fourth-order valence-corrected chi connectivity index (χ4v) is 3.90. The van der Waals surface area contributed by atoms with Gasteiger partial charge in [0.25, 0.3) is 0 Å². The van der Waals surface area contributed by atoms with E-state index in [4.69, 9.17) is 11.6 Å². The van der Waals surface area contributed by atoms with Gasteiger partial charge in [-0.1, -0.05) is 17.7 Å². The molecule has 4 nitrogen and oxygen atoms in total. The molecule has 1 amide bonds. The number of likely N-dealkylation sites (N-methyl/N-ethyl adjacent to an activating group) is 1. The first-order valence-corrected chi connectivity index (χ1v) is 9.66. The van der Waals surface area contributed by atoms with E-state index in [1.54, 1.807) is 17.4 Å². The maximum absolute atomic E-state index is 13.8. The predicted octanol–water partition coefficient (Wildman–Crippen LogP) is 4.92. The predicted molar refractivity (Wildman–Crippen MR) is 104 cm³/mol. The van der Waals surface area contributed by atoms with Crippen LogP contribution in [0.2, 0.25) is 5.02 Å². The molecule has 1 aliphatic heterocycles. The molecule has 0 saturated carbocycles. The van der Waals surface area contributed by atoms with Gasteiger partial charge in [-0.05, 0) is 65.3 Å². The van der Waals surface area contributed by atoms with Crippen molar-refractivity contribution in [3.8, 4) is 0 Å². The van der Waals surface area contributed by atoms with E-state index < -0.39 is 11.9 Å². The molecule has 0 spiro atoms. The molecule has 9 heteroatoms. The first kappa shape index (κ1) is 19.6. The number of rotatable bonds is 3. The van der Waals surface area contributed by atoms with E-state index in [-0.39, 0.29) is 22.8 Å². The van der Waals surface area contributed by atoms with Gasteiger partial charge in [-0.15, -0.1) is 0 Å². The molecule has 138 valence electrons. The normalized spacial score (nSPS) is 20.8. The van der Waals surface area contributed by atoms with Crippen LogP contribution in [0, 0.1) is 11.6 Å². The Hall–Kier alpha value is -1.19. The lowest BCUT2D eigenvalue weighted by molar-refractivity contribution is -0.119. The molecule has 1 saturated heterocycles. The third-order valence-electron chi connectivity index (χ3n) is 4.07. The Morgan fingerprint density at radius 3 is 2.77 bits per heavy atom. The third kappa shape index (κ3) is 4.37. The molecule has 0 aliphatic carbocycles. The molecule has 2 aromatic rings. The summed E-state index contributed by atoms with van der Waals surface area (Å²) in [5.74, 6) is -1.14. The van der Waals surface area contributed by atoms with Crippen LogP contribution in [0.3, 0.4) is 0 Å². The van der Waals surface area contributed by atoms with Gasteiger partial charge in [0.15, 0.2) is 0 Å². The molecular weight excluding hydrogens is 448 g/mol. The average molecular weight is 463 g/mol. The van der Waals surface area contributed by atoms with Crippen molar-refractivity contribution in [1.29, 1.82) is 0 Å². The highest BCUT2D eigenvalue weighted by molar-refractivity contribution is 9.10. The fourth-order valence-electron chi connectivity index (χ4n) is 2.64. The zero-order valence-electron chi connectivity index (χ0n) is 13.6. The van der Waals surface area contributed by atoms with Gasteiger partial charge in [0.1, 0.15) is 17.7 Å². The van der Waals surface area contributed by atoms with Crippen LogP contribution in [0.25, 0.3) is 0 Å². The highest BCUT2D eigenvalue weighted by Gasteiger charge is 2.33. The number of nitrogens with zero attached hydrogens (tertiary/aromatic N) is 1. The molecule has 26 heavy (non-hydrogen) atoms. The minimum absolute atomic E-state index is 0.0564. The van der Waals surface area contributed by atoms with E-state index in [1.165, 1.54) is 36.4 Å². The Kier molecular flexibility index (Phi) is 6.19. The SMILES string of the molecule is CN1SNC(c2ccc(Br)c(F)c2)CC1C(=O)Nc1ccc(F)c(Cl)c1. The van der Waals surface area contributed by atoms with Crippen LogP contribution in [0.15, 0.2) is 40.9 Å². The Labute approximate surface area is 167 Å². The van der Waals surface area contributed by atoms with Crippen molar-refractivity contribution in [3.05, 3.63) is 63.1 Å². The second-order valence-corrected chi connectivity index (χ2v) is 8.11. The number of nitrogens with one attached hydrogen (secondary N) is 2. The zero-order chi connectivity index (χ0) is 18.8. The summed E-state index contributed by atoms with van der Waals surface area (Å²) in [6.45, 7) is 0. The topological polar surface area (TPSA) is 44.4 Å². The van der Waals surface area contributed by atoms with E-state index in [0.29, 0.717) is 16.6 Å². The second-order valence-electron chi connectivity index (χ2n) is 5.85. The van der Waals surface area contributed by atoms with Gasteiger partial charge in [-0.25, -0.2) is 17.8 Å². The monoisotopic (exact) mass is 461 g/mol. The number of hydrogen-bond acceptors (Lipinski definition) is 4. The van der Waals surface area contributed by atoms with E-state index in [1.807, 2.05) is 6.07 Å². The smallest absolute Gasteiger partial charge is 0.242 e. The van der Waals surface area contributed by atoms with Crippen LogP contribution in [0.5, 0.6) is 0 Å². The van der Waals surface area contributed by atoms with Crippen molar-refractivity contribution in [2.24, 2.45) is 0 Å². The van der Waals surface area contributed by atoms with Gasteiger partial charge in [0, 0.05) is 23.9 Å². The lowest BCUT2D eigenvalue weighted by atomic mass is 9.99. The Morgan fingerprint density at radius 2 is 2.08 bits per heavy atom. The zero-order valence-corrected chi connectivity index (χ0v) is 16.8. The Bertz CT molecular complexity index is 842. The molecule has 2 aromatic carbocycles. The summed E-state index contributed by atoms with van der Waals surface area (Å²) in [5.41, 5.74) is 1.18. The number of carbonyl (C=O) groups is 1. The number of anilines is 1. The molecule has 0 bridgehead atoms. The molecular formula is C17H15BrClF2N3OS. The highest BCUT2D eigenvalue weighted by atomic mass is 79.9. The average Bonchev–Trinajstić information content (AvgIpc) is 2.61. The lowest BCUT2D eigenvalue weighted by Gasteiger charge is -2.35. The van der Waals surface area contributed by atoms with Crippen molar-refractivity contribution in [3.63, 3.8) is 0 Å². The molecule has 1 fully saturated rings. The van der Waals surface area contributed by atoms with E-state index in [9.17, 15) is 13.6 Å². The third-order valence-corrected chi connectivity index (χ3v) is 5.94. The minimum atomic E-state index is -0.545. The highest BCUT2D eigenvalue weighted by Crippen LogP contribution is 2.32. The number of benzene rings is 2. The van der Waals surface area contributed by atoms with E-state index in [0.717, 1.165) is 5.56 Å². The minimum Gasteiger partial charge on any atom is -0.325 e. The summed E-state index contributed by atoms with van der Waals surface area (Å²) in [7, 11) is 1.79. The van der Waals surface area contributed by atoms with Gasteiger partial charge in [-0.2, -0.15) is 0 Å². The molecule has 3 rings (SSSR count). The second kappa shape index (κ2) is 8.22. The van der Waals surface area contributed by atoms with Gasteiger partial charge in [0.05, 0.1) is 9.50 Å². The van der Waals surface area contributed by atoms with Crippen molar-refractivity contribution in [2.75, 3.05) is 12.4 Å². The molecule has 1 heterocycles. The van der Waals surface area contributed by atoms with Gasteiger partial charge in [-0.3, -0.25) is 4.79 Å². The maximum Gasteiger partial charge on any atom is 0.242 e. The lowest BCUT2D eigenvalue weighted by Crippen LogP contribution is -2.46. The van der Waals surface area contributed by atoms with E-state index in [2.05, 4.69) is 26.0 Å². The molecule has 0 aromatic heterocycles. The molecule has 2 N–H and O–H groups in total. The first-order chi connectivity index (χ1) is 12.3. The van der Waals surface area contributed by atoms with Gasteiger partial charge >= 0.3 is 0 Å². The van der Waals surface area contributed by atoms with Crippen molar-refractivity contribution in [2.45, 2.75) is 18.5 Å². The first-order valence-electron chi connectivity index (χ1n) is 7.71. The Morgan fingerprint density at radius 1 is 1.31 bits per heavy atom. The summed E-state index contributed by atoms with van der Waals surface area (Å²) in [5, 5.41) is 2.69. The van der Waals surface area contributed by atoms with Crippen LogP contribution in [0.1, 0.15) is 18.0 Å². The summed E-state index contributed by atoms with van der Waals surface area (Å²) < 4.78 is 32.4. The maximum atomic E-state index is 13.8. The van der Waals surface area contributed by atoms with Gasteiger partial charge < -0.3 is 5.32 Å². The van der Waals surface area contributed by atoms with Crippen LogP contribution < -0.4 is 10.0 Å². The van der Waals surface area contributed by atoms with E-state index >= 15 is 0 Å². The Balaban J connectivity index is 1.73. The van der Waals surface area contributed by atoms with Crippen LogP contribution in [-0.2, 0) is 4.79 Å². The quantitative estimate of drug-likeness (QED) is 0.636. The van der Waals surface area contributed by atoms with Crippen LogP contribution >= 0.6 is 39.7 Å². The molecule has 0 radical (unpaired) electrons.